The van der Waals surface area contributed by atoms with Crippen LogP contribution in [0, 0.1) is 45.8 Å². The standard InChI is InChI=1S/C30H48O3/c1-18(2)19(3)8-9-21(27(32)33)23-12-11-22-20-10-13-25-28(4,5)26(31)15-17-30(25,7)24(20)14-16-29(22,23)6/h18,21-23,25-26,31H,3,8-17H2,1-2,4-7H3,(H,32,33). The average Bonchev–Trinajstić information content (AvgIpc) is 3.08. The first-order chi connectivity index (χ1) is 15.3. The lowest BCUT2D eigenvalue weighted by atomic mass is 9.46. The second-order valence-corrected chi connectivity index (χ2v) is 13.4. The Labute approximate surface area is 202 Å². The molecule has 3 heteroatoms. The smallest absolute Gasteiger partial charge is 0.306 e. The van der Waals surface area contributed by atoms with Crippen LogP contribution >= 0.6 is 0 Å². The highest BCUT2D eigenvalue weighted by atomic mass is 16.4. The van der Waals surface area contributed by atoms with Crippen LogP contribution < -0.4 is 0 Å². The number of allylic oxidation sites excluding steroid dienone is 3. The van der Waals surface area contributed by atoms with E-state index in [4.69, 9.17) is 0 Å². The molecule has 0 aliphatic heterocycles. The Morgan fingerprint density at radius 2 is 1.76 bits per heavy atom. The SMILES string of the molecule is C=C(CCC(C(=O)O)C1CCC2C3=C(CCC21C)C1(C)CCC(O)C(C)(C)C1CC3)C(C)C. The molecule has 7 atom stereocenters. The molecule has 0 amide bonds. The van der Waals surface area contributed by atoms with Crippen LogP contribution in [0.5, 0.6) is 0 Å². The molecule has 0 saturated heterocycles. The van der Waals surface area contributed by atoms with Gasteiger partial charge in [-0.05, 0) is 104 Å². The zero-order valence-electron chi connectivity index (χ0n) is 22.0. The maximum absolute atomic E-state index is 12.4. The van der Waals surface area contributed by atoms with E-state index in [1.165, 1.54) is 12.0 Å². The predicted molar refractivity (Wildman–Crippen MR) is 135 cm³/mol. The predicted octanol–water partition coefficient (Wildman–Crippen LogP) is 7.40. The molecule has 0 bridgehead atoms. The molecule has 2 saturated carbocycles. The molecule has 2 fully saturated rings. The second kappa shape index (κ2) is 8.54. The molecule has 0 aromatic heterocycles. The van der Waals surface area contributed by atoms with Gasteiger partial charge in [0.25, 0.3) is 0 Å². The second-order valence-electron chi connectivity index (χ2n) is 13.4. The maximum atomic E-state index is 12.4. The quantitative estimate of drug-likeness (QED) is 0.409. The van der Waals surface area contributed by atoms with E-state index >= 15 is 0 Å². The highest BCUT2D eigenvalue weighted by Crippen LogP contribution is 2.68. The summed E-state index contributed by atoms with van der Waals surface area (Å²) < 4.78 is 0. The van der Waals surface area contributed by atoms with Crippen molar-refractivity contribution in [3.63, 3.8) is 0 Å². The van der Waals surface area contributed by atoms with E-state index in [1.54, 1.807) is 11.1 Å². The number of carboxylic acid groups (broad SMARTS) is 1. The van der Waals surface area contributed by atoms with Gasteiger partial charge < -0.3 is 10.2 Å². The first-order valence-corrected chi connectivity index (χ1v) is 13.6. The van der Waals surface area contributed by atoms with Gasteiger partial charge in [-0.2, -0.15) is 0 Å². The van der Waals surface area contributed by atoms with E-state index in [0.29, 0.717) is 17.8 Å². The number of aliphatic hydroxyl groups is 1. The highest BCUT2D eigenvalue weighted by Gasteiger charge is 2.59. The largest absolute Gasteiger partial charge is 0.481 e. The number of fused-ring (bicyclic) bond motifs is 4. The fourth-order valence-electron chi connectivity index (χ4n) is 9.11. The van der Waals surface area contributed by atoms with Crippen molar-refractivity contribution in [3.8, 4) is 0 Å². The molecule has 186 valence electrons. The third-order valence-electron chi connectivity index (χ3n) is 11.4. The molecule has 0 heterocycles. The van der Waals surface area contributed by atoms with Crippen LogP contribution in [0.3, 0.4) is 0 Å². The zero-order chi connectivity index (χ0) is 24.3. The van der Waals surface area contributed by atoms with Gasteiger partial charge in [0.2, 0.25) is 0 Å². The van der Waals surface area contributed by atoms with E-state index in [2.05, 4.69) is 48.1 Å². The average molecular weight is 457 g/mol. The summed E-state index contributed by atoms with van der Waals surface area (Å²) in [5.41, 5.74) is 4.88. The number of aliphatic carboxylic acids is 1. The van der Waals surface area contributed by atoms with Crippen LogP contribution in [0.2, 0.25) is 0 Å². The summed E-state index contributed by atoms with van der Waals surface area (Å²) in [5, 5.41) is 21.0. The molecular formula is C30H48O3. The van der Waals surface area contributed by atoms with Gasteiger partial charge in [0.15, 0.2) is 0 Å². The van der Waals surface area contributed by atoms with Gasteiger partial charge in [0, 0.05) is 0 Å². The van der Waals surface area contributed by atoms with Gasteiger partial charge in [-0.3, -0.25) is 4.79 Å². The van der Waals surface area contributed by atoms with Gasteiger partial charge in [-0.1, -0.05) is 64.8 Å². The fourth-order valence-corrected chi connectivity index (χ4v) is 9.11. The molecule has 4 rings (SSSR count). The van der Waals surface area contributed by atoms with Crippen molar-refractivity contribution >= 4 is 5.97 Å². The van der Waals surface area contributed by atoms with Crippen LogP contribution in [-0.4, -0.2) is 22.3 Å². The summed E-state index contributed by atoms with van der Waals surface area (Å²) in [4.78, 5) is 12.4. The summed E-state index contributed by atoms with van der Waals surface area (Å²) in [6.45, 7) is 18.0. The lowest BCUT2D eigenvalue weighted by Crippen LogP contribution is -2.53. The van der Waals surface area contributed by atoms with E-state index in [0.717, 1.165) is 57.8 Å². The summed E-state index contributed by atoms with van der Waals surface area (Å²) >= 11 is 0. The van der Waals surface area contributed by atoms with Crippen LogP contribution in [0.25, 0.3) is 0 Å². The van der Waals surface area contributed by atoms with Crippen LogP contribution in [0.15, 0.2) is 23.3 Å². The Bertz CT molecular complexity index is 835. The van der Waals surface area contributed by atoms with Crippen molar-refractivity contribution < 1.29 is 15.0 Å². The third kappa shape index (κ3) is 3.85. The Morgan fingerprint density at radius 1 is 1.06 bits per heavy atom. The molecule has 0 aromatic rings. The minimum Gasteiger partial charge on any atom is -0.481 e. The first kappa shape index (κ1) is 25.0. The summed E-state index contributed by atoms with van der Waals surface area (Å²) in [6.07, 6.45) is 10.2. The van der Waals surface area contributed by atoms with Crippen molar-refractivity contribution in [2.24, 2.45) is 45.8 Å². The highest BCUT2D eigenvalue weighted by molar-refractivity contribution is 5.70. The van der Waals surface area contributed by atoms with Gasteiger partial charge in [-0.25, -0.2) is 0 Å². The van der Waals surface area contributed by atoms with Crippen LogP contribution in [-0.2, 0) is 4.79 Å². The Morgan fingerprint density at radius 3 is 2.39 bits per heavy atom. The minimum absolute atomic E-state index is 0.0301. The van der Waals surface area contributed by atoms with Gasteiger partial charge >= 0.3 is 5.97 Å². The zero-order valence-corrected chi connectivity index (χ0v) is 22.0. The number of hydrogen-bond donors (Lipinski definition) is 2. The first-order valence-electron chi connectivity index (χ1n) is 13.6. The van der Waals surface area contributed by atoms with Gasteiger partial charge in [0.05, 0.1) is 12.0 Å². The number of carboxylic acids is 1. The molecule has 7 unspecified atom stereocenters. The fraction of sp³-hybridized carbons (Fsp3) is 0.833. The van der Waals surface area contributed by atoms with E-state index in [9.17, 15) is 15.0 Å². The molecule has 0 spiro atoms. The molecule has 2 N–H and O–H groups in total. The molecule has 4 aliphatic carbocycles. The lowest BCUT2D eigenvalue weighted by Gasteiger charge is -2.60. The van der Waals surface area contributed by atoms with Crippen LogP contribution in [0.1, 0.15) is 106 Å². The van der Waals surface area contributed by atoms with Crippen molar-refractivity contribution in [3.05, 3.63) is 23.3 Å². The topological polar surface area (TPSA) is 57.5 Å². The number of aliphatic hydroxyl groups excluding tert-OH is 1. The summed E-state index contributed by atoms with van der Waals surface area (Å²) in [7, 11) is 0. The molecule has 3 nitrogen and oxygen atoms in total. The van der Waals surface area contributed by atoms with E-state index in [-0.39, 0.29) is 34.2 Å². The maximum Gasteiger partial charge on any atom is 0.306 e. The number of hydrogen-bond acceptors (Lipinski definition) is 2. The van der Waals surface area contributed by atoms with E-state index < -0.39 is 5.97 Å². The van der Waals surface area contributed by atoms with Crippen molar-refractivity contribution in [1.29, 1.82) is 0 Å². The van der Waals surface area contributed by atoms with Crippen molar-refractivity contribution in [2.75, 3.05) is 0 Å². The monoisotopic (exact) mass is 456 g/mol. The Balaban J connectivity index is 1.61. The van der Waals surface area contributed by atoms with Crippen molar-refractivity contribution in [1.82, 2.24) is 0 Å². The number of rotatable bonds is 6. The summed E-state index contributed by atoms with van der Waals surface area (Å²) in [6, 6.07) is 0. The van der Waals surface area contributed by atoms with Crippen LogP contribution in [0.4, 0.5) is 0 Å². The third-order valence-corrected chi connectivity index (χ3v) is 11.4. The molecule has 4 aliphatic rings. The number of carbonyl (C=O) groups is 1. The Kier molecular flexibility index (Phi) is 6.47. The van der Waals surface area contributed by atoms with E-state index in [1.807, 2.05) is 0 Å². The lowest BCUT2D eigenvalue weighted by molar-refractivity contribution is -0.146. The molecule has 0 aromatic carbocycles. The molecule has 0 radical (unpaired) electrons. The normalized spacial score (nSPS) is 40.7. The van der Waals surface area contributed by atoms with Gasteiger partial charge in [-0.15, -0.1) is 0 Å². The summed E-state index contributed by atoms with van der Waals surface area (Å²) in [5.74, 6) is 0.925. The molecular weight excluding hydrogens is 408 g/mol. The Hall–Kier alpha value is -1.09. The molecule has 33 heavy (non-hydrogen) atoms. The van der Waals surface area contributed by atoms with Gasteiger partial charge in [0.1, 0.15) is 0 Å². The van der Waals surface area contributed by atoms with Crippen molar-refractivity contribution in [2.45, 2.75) is 112 Å². The minimum atomic E-state index is -0.600.